The molecule has 208 valence electrons. The van der Waals surface area contributed by atoms with E-state index in [4.69, 9.17) is 11.5 Å². The van der Waals surface area contributed by atoms with Gasteiger partial charge >= 0.3 is 0 Å². The van der Waals surface area contributed by atoms with E-state index in [-0.39, 0.29) is 11.1 Å². The molecule has 0 unspecified atom stereocenters. The van der Waals surface area contributed by atoms with Gasteiger partial charge in [-0.1, -0.05) is 65.2 Å². The van der Waals surface area contributed by atoms with Gasteiger partial charge in [0, 0.05) is 11.1 Å². The lowest BCUT2D eigenvalue weighted by atomic mass is 9.95. The summed E-state index contributed by atoms with van der Waals surface area (Å²) in [6.07, 6.45) is 18.5. The molecule has 0 amide bonds. The van der Waals surface area contributed by atoms with Crippen molar-refractivity contribution in [1.29, 1.82) is 0 Å². The third-order valence-electron chi connectivity index (χ3n) is 6.54. The highest BCUT2D eigenvalue weighted by atomic mass is 15.2. The smallest absolute Gasteiger partial charge is 0.0130 e. The molecule has 0 bridgehead atoms. The summed E-state index contributed by atoms with van der Waals surface area (Å²) in [5.74, 6) is 0. The van der Waals surface area contributed by atoms with Crippen molar-refractivity contribution in [1.82, 2.24) is 9.80 Å². The molecule has 0 spiro atoms. The van der Waals surface area contributed by atoms with Crippen LogP contribution < -0.4 is 11.5 Å². The van der Waals surface area contributed by atoms with Crippen LogP contribution in [0.15, 0.2) is 0 Å². The molecule has 0 rings (SSSR count). The molecular weight excluding hydrogens is 416 g/mol. The van der Waals surface area contributed by atoms with Gasteiger partial charge in [-0.2, -0.15) is 0 Å². The summed E-state index contributed by atoms with van der Waals surface area (Å²) in [5.41, 5.74) is 11.5. The Labute approximate surface area is 217 Å². The van der Waals surface area contributed by atoms with Crippen LogP contribution in [0.2, 0.25) is 0 Å². The average Bonchev–Trinajstić information content (AvgIpc) is 2.74. The average molecular weight is 485 g/mol. The summed E-state index contributed by atoms with van der Waals surface area (Å²) in [6, 6.07) is 0. The Morgan fingerprint density at radius 3 is 1.09 bits per heavy atom. The van der Waals surface area contributed by atoms with Crippen LogP contribution in [0, 0.1) is 0 Å². The molecule has 0 aliphatic carbocycles. The molecule has 0 aromatic heterocycles. The van der Waals surface area contributed by atoms with E-state index in [1.165, 1.54) is 116 Å². The Balaban J connectivity index is 0. The number of hydrogen-bond donors (Lipinski definition) is 2. The molecule has 0 aromatic rings. The molecule has 4 N–H and O–H groups in total. The van der Waals surface area contributed by atoms with Gasteiger partial charge in [0.25, 0.3) is 0 Å². The topological polar surface area (TPSA) is 58.5 Å². The van der Waals surface area contributed by atoms with E-state index < -0.39 is 0 Å². The molecule has 0 atom stereocenters. The van der Waals surface area contributed by atoms with Crippen LogP contribution in [-0.2, 0) is 0 Å². The lowest BCUT2D eigenvalue weighted by molar-refractivity contribution is 0.0367. The van der Waals surface area contributed by atoms with Gasteiger partial charge < -0.3 is 16.4 Å². The minimum absolute atomic E-state index is 0.256. The summed E-state index contributed by atoms with van der Waals surface area (Å²) in [6.45, 7) is 25.2. The van der Waals surface area contributed by atoms with Crippen molar-refractivity contribution in [2.45, 2.75) is 156 Å². The molecule has 0 aliphatic heterocycles. The van der Waals surface area contributed by atoms with Crippen LogP contribution in [0.25, 0.3) is 0 Å². The predicted octanol–water partition coefficient (Wildman–Crippen LogP) is 7.59. The van der Waals surface area contributed by atoms with Crippen LogP contribution in [0.4, 0.5) is 0 Å². The Morgan fingerprint density at radius 2 is 0.765 bits per heavy atom. The van der Waals surface area contributed by atoms with Crippen molar-refractivity contribution in [3.63, 3.8) is 0 Å². The van der Waals surface area contributed by atoms with Gasteiger partial charge in [-0.25, -0.2) is 0 Å². The molecule has 0 fully saturated rings. The van der Waals surface area contributed by atoms with Gasteiger partial charge in [0.1, 0.15) is 0 Å². The predicted molar refractivity (Wildman–Crippen MR) is 157 cm³/mol. The SMILES string of the molecule is CC(C)(C)N(CCCCCCN)C(C)(C)C.CCCCCN(CCCCC)CCCCCCN. The highest BCUT2D eigenvalue weighted by Crippen LogP contribution is 2.25. The largest absolute Gasteiger partial charge is 0.330 e. The first-order valence-electron chi connectivity index (χ1n) is 14.9. The number of rotatable bonds is 20. The molecule has 4 heteroatoms. The maximum absolute atomic E-state index is 5.52. The van der Waals surface area contributed by atoms with E-state index in [0.29, 0.717) is 0 Å². The first-order valence-corrected chi connectivity index (χ1v) is 14.9. The summed E-state index contributed by atoms with van der Waals surface area (Å²) in [4.78, 5) is 5.29. The summed E-state index contributed by atoms with van der Waals surface area (Å²) < 4.78 is 0. The van der Waals surface area contributed by atoms with E-state index in [0.717, 1.165) is 13.1 Å². The Hall–Kier alpha value is -0.160. The molecule has 0 radical (unpaired) electrons. The highest BCUT2D eigenvalue weighted by molar-refractivity contribution is 4.86. The second kappa shape index (κ2) is 23.3. The molecule has 0 aromatic carbocycles. The van der Waals surface area contributed by atoms with Crippen LogP contribution in [0.5, 0.6) is 0 Å². The first-order chi connectivity index (χ1) is 16.0. The number of nitrogens with two attached hydrogens (primary N) is 2. The lowest BCUT2D eigenvalue weighted by Gasteiger charge is -2.45. The second-order valence-electron chi connectivity index (χ2n) is 12.2. The van der Waals surface area contributed by atoms with Gasteiger partial charge in [0.2, 0.25) is 0 Å². The molecule has 4 nitrogen and oxygen atoms in total. The van der Waals surface area contributed by atoms with Gasteiger partial charge in [-0.05, 0) is 119 Å². The van der Waals surface area contributed by atoms with Crippen LogP contribution in [-0.4, -0.2) is 60.1 Å². The van der Waals surface area contributed by atoms with Crippen molar-refractivity contribution in [3.8, 4) is 0 Å². The van der Waals surface area contributed by atoms with Gasteiger partial charge in [0.05, 0.1) is 0 Å². The number of unbranched alkanes of at least 4 members (excludes halogenated alkanes) is 10. The van der Waals surface area contributed by atoms with Crippen molar-refractivity contribution in [2.24, 2.45) is 11.5 Å². The highest BCUT2D eigenvalue weighted by Gasteiger charge is 2.30. The molecule has 0 heterocycles. The van der Waals surface area contributed by atoms with Crippen LogP contribution in [0.1, 0.15) is 145 Å². The molecular formula is C30H68N4. The third kappa shape index (κ3) is 23.6. The molecule has 0 saturated heterocycles. The standard InChI is InChI=1S/C16H36N2.C14H32N2/c1-3-5-10-14-18(15-11-6-4-2)16-12-8-7-9-13-17;1-13(2,3)16(14(4,5)6)12-10-8-7-9-11-15/h3-17H2,1-2H3;7-12,15H2,1-6H3. The summed E-state index contributed by atoms with van der Waals surface area (Å²) in [5, 5.41) is 0. The third-order valence-corrected chi connectivity index (χ3v) is 6.54. The quantitative estimate of drug-likeness (QED) is 0.175. The molecule has 34 heavy (non-hydrogen) atoms. The van der Waals surface area contributed by atoms with Crippen molar-refractivity contribution in [2.75, 3.05) is 39.3 Å². The van der Waals surface area contributed by atoms with Crippen molar-refractivity contribution >= 4 is 0 Å². The van der Waals surface area contributed by atoms with Gasteiger partial charge in [0.15, 0.2) is 0 Å². The van der Waals surface area contributed by atoms with Crippen LogP contribution in [0.3, 0.4) is 0 Å². The summed E-state index contributed by atoms with van der Waals surface area (Å²) >= 11 is 0. The Morgan fingerprint density at radius 1 is 0.441 bits per heavy atom. The lowest BCUT2D eigenvalue weighted by Crippen LogP contribution is -2.52. The van der Waals surface area contributed by atoms with Gasteiger partial charge in [-0.3, -0.25) is 4.90 Å². The number of nitrogens with zero attached hydrogens (tertiary/aromatic N) is 2. The zero-order valence-corrected chi connectivity index (χ0v) is 25.2. The van der Waals surface area contributed by atoms with E-state index in [2.05, 4.69) is 65.2 Å². The monoisotopic (exact) mass is 485 g/mol. The normalized spacial score (nSPS) is 12.4. The van der Waals surface area contributed by atoms with Gasteiger partial charge in [-0.15, -0.1) is 0 Å². The van der Waals surface area contributed by atoms with E-state index in [1.807, 2.05) is 0 Å². The minimum atomic E-state index is 0.256. The van der Waals surface area contributed by atoms with E-state index in [9.17, 15) is 0 Å². The maximum Gasteiger partial charge on any atom is 0.0130 e. The van der Waals surface area contributed by atoms with E-state index >= 15 is 0 Å². The first kappa shape index (κ1) is 36.0. The van der Waals surface area contributed by atoms with Crippen molar-refractivity contribution in [3.05, 3.63) is 0 Å². The molecule has 0 aliphatic rings. The zero-order valence-electron chi connectivity index (χ0n) is 25.2. The minimum Gasteiger partial charge on any atom is -0.330 e. The fourth-order valence-electron chi connectivity index (χ4n) is 4.78. The summed E-state index contributed by atoms with van der Waals surface area (Å²) in [7, 11) is 0. The zero-order chi connectivity index (χ0) is 26.3. The Bertz CT molecular complexity index is 374. The molecule has 0 saturated carbocycles. The van der Waals surface area contributed by atoms with Crippen LogP contribution >= 0.6 is 0 Å². The van der Waals surface area contributed by atoms with Crippen molar-refractivity contribution < 1.29 is 0 Å². The number of hydrogen-bond acceptors (Lipinski definition) is 4. The fourth-order valence-corrected chi connectivity index (χ4v) is 4.78. The van der Waals surface area contributed by atoms with E-state index in [1.54, 1.807) is 0 Å². The Kier molecular flexibility index (Phi) is 24.6. The fraction of sp³-hybridized carbons (Fsp3) is 1.00. The second-order valence-corrected chi connectivity index (χ2v) is 12.2. The maximum atomic E-state index is 5.52.